The van der Waals surface area contributed by atoms with Crippen LogP contribution in [0.1, 0.15) is 44.7 Å². The maximum atomic E-state index is 12.4. The predicted molar refractivity (Wildman–Crippen MR) is 87.2 cm³/mol. The minimum Gasteiger partial charge on any atom is -0.490 e. The first kappa shape index (κ1) is 16.5. The van der Waals surface area contributed by atoms with Crippen LogP contribution in [0.4, 0.5) is 10.5 Å². The first-order chi connectivity index (χ1) is 11.1. The largest absolute Gasteiger partial charge is 0.490 e. The van der Waals surface area contributed by atoms with Crippen LogP contribution in [-0.2, 0) is 16.7 Å². The lowest BCUT2D eigenvalue weighted by molar-refractivity contribution is -0.385. The number of nitrogens with zero attached hydrogens (tertiary/aromatic N) is 2. The molecule has 1 spiro atoms. The van der Waals surface area contributed by atoms with E-state index in [4.69, 9.17) is 9.47 Å². The summed E-state index contributed by atoms with van der Waals surface area (Å²) in [5.41, 5.74) is 1.10. The molecule has 0 saturated heterocycles. The Morgan fingerprint density at radius 2 is 2.00 bits per heavy atom. The number of ether oxygens (including phenoxy) is 2. The van der Waals surface area contributed by atoms with Gasteiger partial charge in [0.25, 0.3) is 0 Å². The van der Waals surface area contributed by atoms with Crippen LogP contribution >= 0.6 is 0 Å². The summed E-state index contributed by atoms with van der Waals surface area (Å²) in [7, 11) is 1.43. The molecule has 0 aromatic heterocycles. The molecule has 1 aliphatic carbocycles. The highest BCUT2D eigenvalue weighted by Gasteiger charge is 2.51. The highest BCUT2D eigenvalue weighted by atomic mass is 16.6. The fourth-order valence-electron chi connectivity index (χ4n) is 3.29. The molecule has 24 heavy (non-hydrogen) atoms. The highest BCUT2D eigenvalue weighted by molar-refractivity contribution is 5.70. The fraction of sp³-hybridized carbons (Fsp3) is 0.588. The topological polar surface area (TPSA) is 81.9 Å². The van der Waals surface area contributed by atoms with Crippen molar-refractivity contribution in [1.29, 1.82) is 0 Å². The molecule has 0 atom stereocenters. The number of amides is 1. The number of nitro groups is 1. The second-order valence-electron chi connectivity index (χ2n) is 7.56. The van der Waals surface area contributed by atoms with Crippen LogP contribution in [0.25, 0.3) is 0 Å². The molecule has 7 heteroatoms. The maximum Gasteiger partial charge on any atom is 0.410 e. The second-order valence-corrected chi connectivity index (χ2v) is 7.56. The average molecular weight is 334 g/mol. The summed E-state index contributed by atoms with van der Waals surface area (Å²) in [4.78, 5) is 24.9. The van der Waals surface area contributed by atoms with E-state index in [9.17, 15) is 14.9 Å². The lowest BCUT2D eigenvalue weighted by atomic mass is 9.86. The van der Waals surface area contributed by atoms with Gasteiger partial charge in [0.2, 0.25) is 0 Å². The average Bonchev–Trinajstić information content (AvgIpc) is 3.24. The molecule has 0 N–H and O–H groups in total. The van der Waals surface area contributed by atoms with Gasteiger partial charge in [-0.15, -0.1) is 0 Å². The molecule has 1 aliphatic heterocycles. The Balaban J connectivity index is 1.96. The number of hydrogen-bond acceptors (Lipinski definition) is 5. The molecule has 0 bridgehead atoms. The zero-order valence-corrected chi connectivity index (χ0v) is 14.4. The summed E-state index contributed by atoms with van der Waals surface area (Å²) in [6.45, 7) is 6.37. The number of rotatable bonds is 2. The van der Waals surface area contributed by atoms with Crippen LogP contribution in [0.15, 0.2) is 12.1 Å². The summed E-state index contributed by atoms with van der Waals surface area (Å²) >= 11 is 0. The van der Waals surface area contributed by atoms with Crippen molar-refractivity contribution in [2.45, 2.75) is 51.2 Å². The van der Waals surface area contributed by atoms with Gasteiger partial charge in [-0.25, -0.2) is 4.79 Å². The number of methoxy groups -OCH3 is 1. The van der Waals surface area contributed by atoms with Gasteiger partial charge in [-0.1, -0.05) is 0 Å². The Kier molecular flexibility index (Phi) is 3.69. The van der Waals surface area contributed by atoms with Crippen molar-refractivity contribution in [1.82, 2.24) is 4.90 Å². The Morgan fingerprint density at radius 3 is 2.50 bits per heavy atom. The quantitative estimate of drug-likeness (QED) is 0.611. The molecule has 2 aliphatic rings. The van der Waals surface area contributed by atoms with Gasteiger partial charge in [-0.3, -0.25) is 10.1 Å². The molecule has 0 radical (unpaired) electrons. The number of benzene rings is 1. The van der Waals surface area contributed by atoms with Gasteiger partial charge in [0.1, 0.15) is 5.60 Å². The van der Waals surface area contributed by atoms with Gasteiger partial charge in [-0.2, -0.15) is 0 Å². The molecule has 1 fully saturated rings. The van der Waals surface area contributed by atoms with Crippen molar-refractivity contribution in [3.05, 3.63) is 33.4 Å². The van der Waals surface area contributed by atoms with Crippen LogP contribution in [0.2, 0.25) is 0 Å². The molecule has 1 aromatic carbocycles. The zero-order chi connectivity index (χ0) is 17.7. The fourth-order valence-corrected chi connectivity index (χ4v) is 3.29. The minimum atomic E-state index is -0.569. The summed E-state index contributed by atoms with van der Waals surface area (Å²) in [5, 5.41) is 11.3. The van der Waals surface area contributed by atoms with Crippen molar-refractivity contribution in [3.8, 4) is 5.75 Å². The van der Waals surface area contributed by atoms with E-state index < -0.39 is 10.5 Å². The summed E-state index contributed by atoms with van der Waals surface area (Å²) in [6, 6.07) is 3.30. The normalized spacial score (nSPS) is 18.1. The first-order valence-corrected chi connectivity index (χ1v) is 7.99. The van der Waals surface area contributed by atoms with Gasteiger partial charge in [-0.05, 0) is 50.8 Å². The smallest absolute Gasteiger partial charge is 0.410 e. The Bertz CT molecular complexity index is 704. The molecular weight excluding hydrogens is 312 g/mol. The van der Waals surface area contributed by atoms with Crippen LogP contribution in [-0.4, -0.2) is 35.2 Å². The standard InChI is InChI=1S/C17H22N2O5/c1-16(2,3)24-15(20)18-9-11-7-13(19(21)22)14(23-4)8-12(11)17(10-18)5-6-17/h7-8H,5-6,9-10H2,1-4H3. The van der Waals surface area contributed by atoms with E-state index in [1.807, 2.05) is 20.8 Å². The van der Waals surface area contributed by atoms with Gasteiger partial charge < -0.3 is 14.4 Å². The lowest BCUT2D eigenvalue weighted by Gasteiger charge is -2.36. The van der Waals surface area contributed by atoms with Crippen molar-refractivity contribution in [2.75, 3.05) is 13.7 Å². The van der Waals surface area contributed by atoms with E-state index in [2.05, 4.69) is 0 Å². The number of hydrogen-bond donors (Lipinski definition) is 0. The van der Waals surface area contributed by atoms with Gasteiger partial charge >= 0.3 is 11.8 Å². The highest BCUT2D eigenvalue weighted by Crippen LogP contribution is 2.54. The molecule has 1 heterocycles. The zero-order valence-electron chi connectivity index (χ0n) is 14.4. The molecular formula is C17H22N2O5. The van der Waals surface area contributed by atoms with Crippen molar-refractivity contribution in [2.24, 2.45) is 0 Å². The summed E-state index contributed by atoms with van der Waals surface area (Å²) in [6.07, 6.45) is 1.54. The van der Waals surface area contributed by atoms with E-state index in [-0.39, 0.29) is 22.9 Å². The Labute approximate surface area is 140 Å². The van der Waals surface area contributed by atoms with Crippen molar-refractivity contribution >= 4 is 11.8 Å². The van der Waals surface area contributed by atoms with E-state index in [1.54, 1.807) is 11.0 Å². The number of nitro benzene ring substituents is 1. The number of carbonyl (C=O) groups is 1. The maximum absolute atomic E-state index is 12.4. The lowest BCUT2D eigenvalue weighted by Crippen LogP contribution is -2.44. The summed E-state index contributed by atoms with van der Waals surface area (Å²) in [5.74, 6) is 0.274. The second kappa shape index (κ2) is 5.36. The van der Waals surface area contributed by atoms with Crippen LogP contribution in [0, 0.1) is 10.1 Å². The van der Waals surface area contributed by atoms with Crippen LogP contribution < -0.4 is 4.74 Å². The Hall–Kier alpha value is -2.31. The van der Waals surface area contributed by atoms with Crippen molar-refractivity contribution in [3.63, 3.8) is 0 Å². The predicted octanol–water partition coefficient (Wildman–Crippen LogP) is 3.39. The van der Waals surface area contributed by atoms with Gasteiger partial charge in [0.05, 0.1) is 12.0 Å². The molecule has 3 rings (SSSR count). The summed E-state index contributed by atoms with van der Waals surface area (Å²) < 4.78 is 10.7. The third-order valence-electron chi connectivity index (χ3n) is 4.53. The minimum absolute atomic E-state index is 0.0712. The Morgan fingerprint density at radius 1 is 1.33 bits per heavy atom. The van der Waals surface area contributed by atoms with Gasteiger partial charge in [0.15, 0.2) is 5.75 Å². The molecule has 7 nitrogen and oxygen atoms in total. The third kappa shape index (κ3) is 2.90. The SMILES string of the molecule is COc1cc2c(cc1[N+](=O)[O-])CN(C(=O)OC(C)(C)C)CC21CC1. The monoisotopic (exact) mass is 334 g/mol. The van der Waals surface area contributed by atoms with Crippen LogP contribution in [0.5, 0.6) is 5.75 Å². The molecule has 130 valence electrons. The van der Waals surface area contributed by atoms with E-state index in [0.717, 1.165) is 24.0 Å². The van der Waals surface area contributed by atoms with E-state index >= 15 is 0 Å². The molecule has 1 aromatic rings. The van der Waals surface area contributed by atoms with Crippen molar-refractivity contribution < 1.29 is 19.2 Å². The van der Waals surface area contributed by atoms with Gasteiger partial charge in [0, 0.05) is 24.6 Å². The third-order valence-corrected chi connectivity index (χ3v) is 4.53. The molecule has 0 unspecified atom stereocenters. The van der Waals surface area contributed by atoms with E-state index in [1.165, 1.54) is 13.2 Å². The number of fused-ring (bicyclic) bond motifs is 2. The molecule has 1 amide bonds. The molecule has 1 saturated carbocycles. The van der Waals surface area contributed by atoms with Crippen LogP contribution in [0.3, 0.4) is 0 Å². The first-order valence-electron chi connectivity index (χ1n) is 7.99. The van der Waals surface area contributed by atoms with E-state index in [0.29, 0.717) is 13.1 Å². The number of carbonyl (C=O) groups excluding carboxylic acids is 1.